The molecular weight excluding hydrogens is 444 g/mol. The molecule has 0 radical (unpaired) electrons. The highest BCUT2D eigenvalue weighted by Gasteiger charge is 2.17. The number of amides is 2. The van der Waals surface area contributed by atoms with Crippen LogP contribution < -0.4 is 19.7 Å². The number of methoxy groups -OCH3 is 1. The molecule has 3 rings (SSSR count). The van der Waals surface area contributed by atoms with E-state index in [1.54, 1.807) is 30.5 Å². The van der Waals surface area contributed by atoms with Crippen LogP contribution in [-0.4, -0.2) is 30.5 Å². The minimum atomic E-state index is -0.233. The highest BCUT2D eigenvalue weighted by Crippen LogP contribution is 2.29. The smallest absolute Gasteiger partial charge is 0.227 e. The van der Waals surface area contributed by atoms with E-state index in [4.69, 9.17) is 14.7 Å². The number of anilines is 1. The van der Waals surface area contributed by atoms with Crippen molar-refractivity contribution < 1.29 is 19.1 Å². The second kappa shape index (κ2) is 13.4. The maximum Gasteiger partial charge on any atom is 0.227 e. The summed E-state index contributed by atoms with van der Waals surface area (Å²) < 4.78 is 11.3. The van der Waals surface area contributed by atoms with Crippen molar-refractivity contribution in [3.05, 3.63) is 84.2 Å². The third kappa shape index (κ3) is 7.86. The number of pyridine rings is 1. The summed E-state index contributed by atoms with van der Waals surface area (Å²) in [5, 5.41) is 11.7. The molecule has 0 saturated carbocycles. The van der Waals surface area contributed by atoms with Crippen LogP contribution in [0.15, 0.2) is 73.1 Å². The fourth-order valence-electron chi connectivity index (χ4n) is 3.39. The van der Waals surface area contributed by atoms with Crippen LogP contribution in [0.1, 0.15) is 30.4 Å². The summed E-state index contributed by atoms with van der Waals surface area (Å²) in [5.74, 6) is 0.739. The molecule has 2 amide bonds. The molecule has 1 N–H and O–H groups in total. The Morgan fingerprint density at radius 2 is 1.77 bits per heavy atom. The van der Waals surface area contributed by atoms with Gasteiger partial charge in [0.25, 0.3) is 0 Å². The molecule has 0 saturated heterocycles. The van der Waals surface area contributed by atoms with Gasteiger partial charge in [-0.25, -0.2) is 0 Å². The molecule has 1 aromatic heterocycles. The lowest BCUT2D eigenvalue weighted by atomic mass is 10.2. The summed E-state index contributed by atoms with van der Waals surface area (Å²) in [6, 6.07) is 20.4. The number of rotatable bonds is 12. The Kier molecular flexibility index (Phi) is 9.63. The zero-order chi connectivity index (χ0) is 24.9. The number of benzene rings is 2. The van der Waals surface area contributed by atoms with Gasteiger partial charge in [-0.3, -0.25) is 14.6 Å². The summed E-state index contributed by atoms with van der Waals surface area (Å²) in [5.41, 5.74) is 2.55. The monoisotopic (exact) mass is 472 g/mol. The van der Waals surface area contributed by atoms with Crippen LogP contribution in [0.5, 0.6) is 11.5 Å². The molecule has 0 spiro atoms. The Labute approximate surface area is 205 Å². The number of aromatic nitrogens is 1. The molecule has 0 aliphatic rings. The van der Waals surface area contributed by atoms with Crippen molar-refractivity contribution in [2.75, 3.05) is 18.6 Å². The predicted molar refractivity (Wildman–Crippen MR) is 132 cm³/mol. The fraction of sp³-hybridized carbons (Fsp3) is 0.259. The van der Waals surface area contributed by atoms with Crippen molar-refractivity contribution in [3.63, 3.8) is 0 Å². The molecular formula is C27H28N4O4. The van der Waals surface area contributed by atoms with Gasteiger partial charge in [0.1, 0.15) is 6.61 Å². The van der Waals surface area contributed by atoms with Crippen molar-refractivity contribution in [1.29, 1.82) is 5.26 Å². The highest BCUT2D eigenvalue weighted by molar-refractivity contribution is 5.95. The molecule has 8 heteroatoms. The summed E-state index contributed by atoms with van der Waals surface area (Å²) >= 11 is 0. The van der Waals surface area contributed by atoms with E-state index in [2.05, 4.69) is 16.4 Å². The van der Waals surface area contributed by atoms with Crippen molar-refractivity contribution >= 4 is 17.5 Å². The number of ether oxygens (including phenoxy) is 2. The maximum atomic E-state index is 12.7. The van der Waals surface area contributed by atoms with Gasteiger partial charge in [0.15, 0.2) is 11.5 Å². The molecule has 2 aromatic carbocycles. The molecule has 0 bridgehead atoms. The summed E-state index contributed by atoms with van der Waals surface area (Å²) in [7, 11) is 1.56. The number of para-hydroxylation sites is 1. The molecule has 0 unspecified atom stereocenters. The SMILES string of the molecule is COc1cc(CNC(=O)CCC(=O)N(CCC#N)c2ccccc2)ccc1OCc1ccncc1. The summed E-state index contributed by atoms with van der Waals surface area (Å²) in [6.45, 7) is 0.971. The molecule has 0 atom stereocenters. The van der Waals surface area contributed by atoms with Crippen LogP contribution in [0.3, 0.4) is 0 Å². The van der Waals surface area contributed by atoms with Gasteiger partial charge in [-0.1, -0.05) is 24.3 Å². The molecule has 0 aliphatic carbocycles. The summed E-state index contributed by atoms with van der Waals surface area (Å²) in [4.78, 5) is 30.6. The second-order valence-corrected chi connectivity index (χ2v) is 7.70. The Morgan fingerprint density at radius 3 is 2.49 bits per heavy atom. The van der Waals surface area contributed by atoms with E-state index in [0.29, 0.717) is 30.3 Å². The van der Waals surface area contributed by atoms with Crippen molar-refractivity contribution in [3.8, 4) is 17.6 Å². The molecule has 1 heterocycles. The number of carbonyl (C=O) groups is 2. The molecule has 3 aromatic rings. The average molecular weight is 473 g/mol. The third-order valence-electron chi connectivity index (χ3n) is 5.24. The minimum absolute atomic E-state index is 0.0528. The van der Waals surface area contributed by atoms with E-state index in [1.807, 2.05) is 54.6 Å². The first kappa shape index (κ1) is 25.2. The van der Waals surface area contributed by atoms with Crippen LogP contribution in [0, 0.1) is 11.3 Å². The highest BCUT2D eigenvalue weighted by atomic mass is 16.5. The van der Waals surface area contributed by atoms with Gasteiger partial charge >= 0.3 is 0 Å². The lowest BCUT2D eigenvalue weighted by Crippen LogP contribution is -2.33. The van der Waals surface area contributed by atoms with Gasteiger partial charge < -0.3 is 19.7 Å². The Balaban J connectivity index is 1.50. The quantitative estimate of drug-likeness (QED) is 0.427. The first-order valence-electron chi connectivity index (χ1n) is 11.3. The fourth-order valence-corrected chi connectivity index (χ4v) is 3.39. The number of nitrogens with zero attached hydrogens (tertiary/aromatic N) is 3. The number of nitriles is 1. The van der Waals surface area contributed by atoms with Gasteiger partial charge in [-0.05, 0) is 47.5 Å². The van der Waals surface area contributed by atoms with E-state index in [1.165, 1.54) is 0 Å². The van der Waals surface area contributed by atoms with Gasteiger partial charge in [0.05, 0.1) is 19.6 Å². The zero-order valence-electron chi connectivity index (χ0n) is 19.6. The van der Waals surface area contributed by atoms with E-state index in [-0.39, 0.29) is 37.6 Å². The lowest BCUT2D eigenvalue weighted by Gasteiger charge is -2.21. The topological polar surface area (TPSA) is 105 Å². The van der Waals surface area contributed by atoms with E-state index >= 15 is 0 Å². The van der Waals surface area contributed by atoms with Crippen molar-refractivity contribution in [1.82, 2.24) is 10.3 Å². The Hall–Kier alpha value is -4.38. The van der Waals surface area contributed by atoms with E-state index in [9.17, 15) is 9.59 Å². The maximum absolute atomic E-state index is 12.7. The van der Waals surface area contributed by atoms with Gasteiger partial charge in [0, 0.05) is 44.0 Å². The molecule has 0 fully saturated rings. The van der Waals surface area contributed by atoms with Gasteiger partial charge in [-0.15, -0.1) is 0 Å². The van der Waals surface area contributed by atoms with E-state index < -0.39 is 0 Å². The number of hydrogen-bond donors (Lipinski definition) is 1. The number of hydrogen-bond acceptors (Lipinski definition) is 6. The van der Waals surface area contributed by atoms with Crippen LogP contribution >= 0.6 is 0 Å². The number of nitrogens with one attached hydrogen (secondary N) is 1. The first-order valence-corrected chi connectivity index (χ1v) is 11.3. The van der Waals surface area contributed by atoms with Gasteiger partial charge in [-0.2, -0.15) is 5.26 Å². The Morgan fingerprint density at radius 1 is 1.00 bits per heavy atom. The normalized spacial score (nSPS) is 10.2. The summed E-state index contributed by atoms with van der Waals surface area (Å²) in [6.07, 6.45) is 3.74. The molecule has 8 nitrogen and oxygen atoms in total. The van der Waals surface area contributed by atoms with Crippen molar-refractivity contribution in [2.24, 2.45) is 0 Å². The van der Waals surface area contributed by atoms with Crippen molar-refractivity contribution in [2.45, 2.75) is 32.4 Å². The third-order valence-corrected chi connectivity index (χ3v) is 5.24. The van der Waals surface area contributed by atoms with Crippen LogP contribution in [-0.2, 0) is 22.7 Å². The largest absolute Gasteiger partial charge is 0.493 e. The van der Waals surface area contributed by atoms with Gasteiger partial charge in [0.2, 0.25) is 11.8 Å². The standard InChI is InChI=1S/C27H28N4O4/c1-34-25-18-22(8-9-24(25)35-20-21-12-15-29-16-13-21)19-30-26(32)10-11-27(33)31(17-5-14-28)23-6-3-2-4-7-23/h2-4,6-9,12-13,15-16,18H,5,10-11,17,19-20H2,1H3,(H,30,32). The number of carbonyl (C=O) groups excluding carboxylic acids is 2. The van der Waals surface area contributed by atoms with Crippen LogP contribution in [0.4, 0.5) is 5.69 Å². The molecule has 0 aliphatic heterocycles. The second-order valence-electron chi connectivity index (χ2n) is 7.70. The van der Waals surface area contributed by atoms with Crippen LogP contribution in [0.25, 0.3) is 0 Å². The minimum Gasteiger partial charge on any atom is -0.493 e. The van der Waals surface area contributed by atoms with Crippen LogP contribution in [0.2, 0.25) is 0 Å². The van der Waals surface area contributed by atoms with E-state index in [0.717, 1.165) is 11.1 Å². The average Bonchev–Trinajstić information content (AvgIpc) is 2.91. The molecule has 180 valence electrons. The zero-order valence-corrected chi connectivity index (χ0v) is 19.6. The molecule has 35 heavy (non-hydrogen) atoms. The first-order chi connectivity index (χ1) is 17.1. The predicted octanol–water partition coefficient (Wildman–Crippen LogP) is 4.01. The lowest BCUT2D eigenvalue weighted by molar-refractivity contribution is -0.125. The Bertz CT molecular complexity index is 1150.